The van der Waals surface area contributed by atoms with Gasteiger partial charge in [-0.3, -0.25) is 4.79 Å². The van der Waals surface area contributed by atoms with Crippen LogP contribution in [0.4, 0.5) is 8.78 Å². The van der Waals surface area contributed by atoms with Crippen LogP contribution < -0.4 is 0 Å². The van der Waals surface area contributed by atoms with Crippen LogP contribution in [0.15, 0.2) is 0 Å². The van der Waals surface area contributed by atoms with Gasteiger partial charge in [-0.2, -0.15) is 0 Å². The maximum absolute atomic E-state index is 11.2. The number of hydrogen-bond acceptors (Lipinski definition) is 1. The fourth-order valence-corrected chi connectivity index (χ4v) is 0.336. The second-order valence-corrected chi connectivity index (χ2v) is 1.53. The minimum atomic E-state index is -2.55. The van der Waals surface area contributed by atoms with Gasteiger partial charge in [0.2, 0.25) is 6.43 Å². The van der Waals surface area contributed by atoms with Crippen molar-refractivity contribution in [1.29, 1.82) is 0 Å². The number of alkyl halides is 3. The summed E-state index contributed by atoms with van der Waals surface area (Å²) in [5.74, 6) is -0.925. The smallest absolute Gasteiger partial charge is 0.245 e. The maximum atomic E-state index is 11.2. The van der Waals surface area contributed by atoms with Crippen LogP contribution in [0.3, 0.4) is 0 Å². The van der Waals surface area contributed by atoms with Crippen LogP contribution in [0.1, 0.15) is 6.42 Å². The average molecular weight is 143 g/mol. The standard InChI is InChI=1S/C4H5ClF2O/c5-2-3(8)1-4(6)7/h4H,1-2H2. The highest BCUT2D eigenvalue weighted by Gasteiger charge is 2.07. The highest BCUT2D eigenvalue weighted by atomic mass is 35.5. The van der Waals surface area contributed by atoms with E-state index in [4.69, 9.17) is 11.6 Å². The SMILES string of the molecule is O=C(CCl)CC(F)F. The van der Waals surface area contributed by atoms with Gasteiger partial charge in [0.05, 0.1) is 12.3 Å². The summed E-state index contributed by atoms with van der Waals surface area (Å²) in [6.45, 7) is 0. The van der Waals surface area contributed by atoms with E-state index < -0.39 is 18.6 Å². The normalized spacial score (nSPS) is 10.0. The second-order valence-electron chi connectivity index (χ2n) is 1.27. The number of hydrogen-bond donors (Lipinski definition) is 0. The Morgan fingerprint density at radius 3 is 2.25 bits per heavy atom. The molecule has 0 aliphatic heterocycles. The Morgan fingerprint density at radius 1 is 1.62 bits per heavy atom. The molecule has 0 N–H and O–H groups in total. The molecule has 0 fully saturated rings. The molecule has 1 nitrogen and oxygen atoms in total. The van der Waals surface area contributed by atoms with Gasteiger partial charge >= 0.3 is 0 Å². The summed E-state index contributed by atoms with van der Waals surface area (Å²) in [4.78, 5) is 10.0. The van der Waals surface area contributed by atoms with Gasteiger partial charge in [0.15, 0.2) is 5.78 Å². The van der Waals surface area contributed by atoms with Crippen molar-refractivity contribution < 1.29 is 13.6 Å². The Kier molecular flexibility index (Phi) is 3.69. The monoisotopic (exact) mass is 142 g/mol. The van der Waals surface area contributed by atoms with Gasteiger partial charge in [0.25, 0.3) is 0 Å². The molecule has 0 saturated carbocycles. The van der Waals surface area contributed by atoms with Crippen LogP contribution >= 0.6 is 11.6 Å². The van der Waals surface area contributed by atoms with Crippen LogP contribution in [0.2, 0.25) is 0 Å². The molecule has 0 amide bonds. The van der Waals surface area contributed by atoms with Crippen molar-refractivity contribution in [3.05, 3.63) is 0 Å². The van der Waals surface area contributed by atoms with E-state index >= 15 is 0 Å². The van der Waals surface area contributed by atoms with Crippen molar-refractivity contribution in [1.82, 2.24) is 0 Å². The van der Waals surface area contributed by atoms with Crippen LogP contribution in [-0.4, -0.2) is 18.1 Å². The van der Waals surface area contributed by atoms with Gasteiger partial charge in [-0.25, -0.2) is 8.78 Å². The molecule has 0 rings (SSSR count). The van der Waals surface area contributed by atoms with Gasteiger partial charge in [-0.1, -0.05) is 0 Å². The Hall–Kier alpha value is -0.180. The highest BCUT2D eigenvalue weighted by Crippen LogP contribution is 1.99. The minimum Gasteiger partial charge on any atom is -0.298 e. The molecule has 8 heavy (non-hydrogen) atoms. The second kappa shape index (κ2) is 3.78. The van der Waals surface area contributed by atoms with E-state index in [-0.39, 0.29) is 5.88 Å². The summed E-state index contributed by atoms with van der Waals surface area (Å²) in [5.41, 5.74) is 0. The molecule has 48 valence electrons. The first-order chi connectivity index (χ1) is 3.66. The van der Waals surface area contributed by atoms with Gasteiger partial charge in [-0.15, -0.1) is 11.6 Å². The number of carbonyl (C=O) groups excluding carboxylic acids is 1. The summed E-state index contributed by atoms with van der Waals surface area (Å²) in [7, 11) is 0. The van der Waals surface area contributed by atoms with E-state index in [2.05, 4.69) is 0 Å². The molecule has 0 saturated heterocycles. The molecule has 0 heterocycles. The summed E-state index contributed by atoms with van der Waals surface area (Å²) < 4.78 is 22.4. The van der Waals surface area contributed by atoms with Crippen molar-refractivity contribution in [3.63, 3.8) is 0 Å². The molecule has 0 aliphatic rings. The molecule has 0 spiro atoms. The number of carbonyl (C=O) groups is 1. The van der Waals surface area contributed by atoms with Gasteiger partial charge in [0.1, 0.15) is 0 Å². The topological polar surface area (TPSA) is 17.1 Å². The Bertz CT molecular complexity index is 84.1. The van der Waals surface area contributed by atoms with Gasteiger partial charge in [0, 0.05) is 0 Å². The molecule has 0 unspecified atom stereocenters. The van der Waals surface area contributed by atoms with Crippen LogP contribution in [0.25, 0.3) is 0 Å². The summed E-state index contributed by atoms with van der Waals surface area (Å²) in [6.07, 6.45) is -3.27. The first kappa shape index (κ1) is 7.82. The first-order valence-corrected chi connectivity index (χ1v) is 2.56. The van der Waals surface area contributed by atoms with Crippen molar-refractivity contribution in [2.75, 3.05) is 5.88 Å². The minimum absolute atomic E-state index is 0.315. The summed E-state index contributed by atoms with van der Waals surface area (Å²) in [5, 5.41) is 0. The fourth-order valence-electron chi connectivity index (χ4n) is 0.227. The Labute approximate surface area is 50.6 Å². The molecule has 0 aromatic heterocycles. The summed E-state index contributed by atoms with van der Waals surface area (Å²) >= 11 is 4.91. The lowest BCUT2D eigenvalue weighted by Gasteiger charge is -1.91. The molecule has 0 aromatic carbocycles. The lowest BCUT2D eigenvalue weighted by atomic mass is 10.3. The van der Waals surface area contributed by atoms with Crippen molar-refractivity contribution in [2.45, 2.75) is 12.8 Å². The molecule has 0 aromatic rings. The third-order valence-electron chi connectivity index (χ3n) is 0.531. The third kappa shape index (κ3) is 3.99. The fraction of sp³-hybridized carbons (Fsp3) is 0.750. The number of halogens is 3. The lowest BCUT2D eigenvalue weighted by molar-refractivity contribution is -0.119. The number of Topliss-reactive ketones (excluding diaryl/α,β-unsaturated/α-hetero) is 1. The molecule has 0 bridgehead atoms. The third-order valence-corrected chi connectivity index (χ3v) is 0.829. The van der Waals surface area contributed by atoms with Crippen molar-refractivity contribution in [3.8, 4) is 0 Å². The zero-order valence-electron chi connectivity index (χ0n) is 4.03. The van der Waals surface area contributed by atoms with E-state index in [9.17, 15) is 13.6 Å². The lowest BCUT2D eigenvalue weighted by Crippen LogP contribution is -2.04. The molecule has 4 heteroatoms. The zero-order chi connectivity index (χ0) is 6.57. The molecule has 0 radical (unpaired) electrons. The molecular formula is C4H5ClF2O. The van der Waals surface area contributed by atoms with E-state index in [0.717, 1.165) is 0 Å². The first-order valence-electron chi connectivity index (χ1n) is 2.02. The van der Waals surface area contributed by atoms with E-state index in [1.807, 2.05) is 0 Å². The Balaban J connectivity index is 3.25. The van der Waals surface area contributed by atoms with Crippen LogP contribution in [0.5, 0.6) is 0 Å². The number of rotatable bonds is 3. The zero-order valence-corrected chi connectivity index (χ0v) is 4.79. The van der Waals surface area contributed by atoms with Crippen molar-refractivity contribution in [2.24, 2.45) is 0 Å². The Morgan fingerprint density at radius 2 is 2.12 bits per heavy atom. The van der Waals surface area contributed by atoms with Crippen LogP contribution in [-0.2, 0) is 4.79 Å². The van der Waals surface area contributed by atoms with E-state index in [1.54, 1.807) is 0 Å². The quantitative estimate of drug-likeness (QED) is 0.545. The maximum Gasteiger partial charge on any atom is 0.245 e. The largest absolute Gasteiger partial charge is 0.298 e. The van der Waals surface area contributed by atoms with E-state index in [1.165, 1.54) is 0 Å². The molecular weight excluding hydrogens is 137 g/mol. The average Bonchev–Trinajstić information content (AvgIpc) is 1.65. The predicted molar refractivity (Wildman–Crippen MR) is 26.3 cm³/mol. The van der Waals surface area contributed by atoms with Gasteiger partial charge < -0.3 is 0 Å². The summed E-state index contributed by atoms with van der Waals surface area (Å²) in [6, 6.07) is 0. The van der Waals surface area contributed by atoms with Crippen LogP contribution in [0, 0.1) is 0 Å². The molecule has 0 aliphatic carbocycles. The van der Waals surface area contributed by atoms with Gasteiger partial charge in [-0.05, 0) is 0 Å². The number of ketones is 1. The predicted octanol–water partition coefficient (Wildman–Crippen LogP) is 1.45. The van der Waals surface area contributed by atoms with Crippen molar-refractivity contribution >= 4 is 17.4 Å². The highest BCUT2D eigenvalue weighted by molar-refractivity contribution is 6.27. The van der Waals surface area contributed by atoms with E-state index in [0.29, 0.717) is 0 Å². The molecule has 0 atom stereocenters.